The number of alkyl halides is 1. The van der Waals surface area contributed by atoms with Crippen molar-refractivity contribution in [2.45, 2.75) is 25.3 Å². The molecule has 0 radical (unpaired) electrons. The lowest BCUT2D eigenvalue weighted by atomic mass is 10.0. The van der Waals surface area contributed by atoms with E-state index in [0.29, 0.717) is 12.0 Å². The predicted octanol–water partition coefficient (Wildman–Crippen LogP) is 3.16. The minimum absolute atomic E-state index is 0.190. The van der Waals surface area contributed by atoms with Gasteiger partial charge in [0.2, 0.25) is 5.88 Å². The molecule has 0 saturated heterocycles. The van der Waals surface area contributed by atoms with Gasteiger partial charge in [-0.2, -0.15) is 4.98 Å². The molecule has 2 N–H and O–H groups in total. The molecule has 1 aromatic rings. The van der Waals surface area contributed by atoms with Crippen LogP contribution < -0.4 is 5.32 Å². The fourth-order valence-corrected chi connectivity index (χ4v) is 4.34. The standard InChI is InChI=1S/C12H15BrN2OS/c13-4-3-10-11(16)15-12(17-10)14-9-6-7-1-2-8(9)5-7/h1-2,7-9,16H,3-6H2,(H,14,15). The van der Waals surface area contributed by atoms with E-state index in [2.05, 4.69) is 38.4 Å². The average molecular weight is 315 g/mol. The molecule has 5 heteroatoms. The number of aryl methyl sites for hydroxylation is 1. The van der Waals surface area contributed by atoms with Gasteiger partial charge in [0.05, 0.1) is 4.88 Å². The Hall–Kier alpha value is -0.550. The van der Waals surface area contributed by atoms with Gasteiger partial charge < -0.3 is 10.4 Å². The molecule has 3 rings (SSSR count). The van der Waals surface area contributed by atoms with Crippen molar-refractivity contribution in [1.82, 2.24) is 4.98 Å². The molecule has 2 aliphatic carbocycles. The van der Waals surface area contributed by atoms with E-state index in [9.17, 15) is 5.11 Å². The van der Waals surface area contributed by atoms with Crippen LogP contribution in [-0.2, 0) is 6.42 Å². The third-order valence-electron chi connectivity index (χ3n) is 3.59. The minimum Gasteiger partial charge on any atom is -0.492 e. The second-order valence-corrected chi connectivity index (χ2v) is 6.61. The summed E-state index contributed by atoms with van der Waals surface area (Å²) in [4.78, 5) is 5.16. The molecule has 0 aromatic carbocycles. The molecule has 3 unspecified atom stereocenters. The van der Waals surface area contributed by atoms with Crippen molar-refractivity contribution in [3.8, 4) is 5.88 Å². The van der Waals surface area contributed by atoms with Crippen LogP contribution in [0.3, 0.4) is 0 Å². The van der Waals surface area contributed by atoms with Crippen LogP contribution in [0.1, 0.15) is 17.7 Å². The Bertz CT molecular complexity index is 446. The van der Waals surface area contributed by atoms with E-state index in [1.807, 2.05) is 0 Å². The quantitative estimate of drug-likeness (QED) is 0.663. The predicted molar refractivity (Wildman–Crippen MR) is 74.0 cm³/mol. The van der Waals surface area contributed by atoms with E-state index < -0.39 is 0 Å². The van der Waals surface area contributed by atoms with E-state index in [-0.39, 0.29) is 5.88 Å². The van der Waals surface area contributed by atoms with Crippen molar-refractivity contribution < 1.29 is 5.11 Å². The lowest BCUT2D eigenvalue weighted by Gasteiger charge is -2.18. The first-order chi connectivity index (χ1) is 8.26. The third kappa shape index (κ3) is 2.22. The molecule has 17 heavy (non-hydrogen) atoms. The molecule has 3 nitrogen and oxygen atoms in total. The van der Waals surface area contributed by atoms with Crippen molar-refractivity contribution in [1.29, 1.82) is 0 Å². The molecule has 2 bridgehead atoms. The number of fused-ring (bicyclic) bond motifs is 2. The van der Waals surface area contributed by atoms with Gasteiger partial charge in [-0.05, 0) is 31.1 Å². The molecule has 0 amide bonds. The molecule has 1 aromatic heterocycles. The molecule has 0 aliphatic heterocycles. The Labute approximate surface area is 113 Å². The summed E-state index contributed by atoms with van der Waals surface area (Å²) < 4.78 is 0. The van der Waals surface area contributed by atoms with Gasteiger partial charge in [-0.15, -0.1) is 0 Å². The number of hydrogen-bond donors (Lipinski definition) is 2. The Morgan fingerprint density at radius 3 is 3.00 bits per heavy atom. The number of nitrogens with one attached hydrogen (secondary N) is 1. The molecule has 3 atom stereocenters. The minimum atomic E-state index is 0.190. The van der Waals surface area contributed by atoms with Crippen molar-refractivity contribution in [2.24, 2.45) is 11.8 Å². The van der Waals surface area contributed by atoms with Crippen molar-refractivity contribution >= 4 is 32.4 Å². The van der Waals surface area contributed by atoms with Gasteiger partial charge in [-0.3, -0.25) is 0 Å². The summed E-state index contributed by atoms with van der Waals surface area (Å²) in [7, 11) is 0. The smallest absolute Gasteiger partial charge is 0.227 e. The first kappa shape index (κ1) is 11.5. The van der Waals surface area contributed by atoms with E-state index >= 15 is 0 Å². The largest absolute Gasteiger partial charge is 0.492 e. The highest BCUT2D eigenvalue weighted by Gasteiger charge is 2.35. The van der Waals surface area contributed by atoms with E-state index in [1.54, 1.807) is 11.3 Å². The summed E-state index contributed by atoms with van der Waals surface area (Å²) in [6, 6.07) is 0.507. The number of rotatable bonds is 4. The zero-order valence-electron chi connectivity index (χ0n) is 9.40. The SMILES string of the molecule is Oc1nc(NC2CC3C=CC2C3)sc1CCBr. The Kier molecular flexibility index (Phi) is 3.13. The number of aromatic hydroxyl groups is 1. The number of nitrogens with zero attached hydrogens (tertiary/aromatic N) is 1. The highest BCUT2D eigenvalue weighted by Crippen LogP contribution is 2.41. The van der Waals surface area contributed by atoms with Gasteiger partial charge >= 0.3 is 0 Å². The number of halogens is 1. The summed E-state index contributed by atoms with van der Waals surface area (Å²) in [6.45, 7) is 0. The Morgan fingerprint density at radius 1 is 1.47 bits per heavy atom. The zero-order chi connectivity index (χ0) is 11.8. The fraction of sp³-hybridized carbons (Fsp3) is 0.583. The maximum Gasteiger partial charge on any atom is 0.227 e. The number of allylic oxidation sites excluding steroid dienone is 1. The molecule has 1 heterocycles. The van der Waals surface area contributed by atoms with Gasteiger partial charge in [0.25, 0.3) is 0 Å². The van der Waals surface area contributed by atoms with Crippen LogP contribution in [0.5, 0.6) is 5.88 Å². The molecule has 92 valence electrons. The van der Waals surface area contributed by atoms with Crippen LogP contribution in [0.15, 0.2) is 12.2 Å². The van der Waals surface area contributed by atoms with Gasteiger partial charge in [0.15, 0.2) is 5.13 Å². The summed E-state index contributed by atoms with van der Waals surface area (Å²) in [5.74, 6) is 1.61. The first-order valence-electron chi connectivity index (χ1n) is 5.95. The van der Waals surface area contributed by atoms with Crippen LogP contribution in [0, 0.1) is 11.8 Å². The maximum absolute atomic E-state index is 9.69. The summed E-state index contributed by atoms with van der Waals surface area (Å²) >= 11 is 4.95. The summed E-state index contributed by atoms with van der Waals surface area (Å²) in [5.41, 5.74) is 0. The van der Waals surface area contributed by atoms with E-state index in [0.717, 1.165) is 27.7 Å². The number of thiazole rings is 1. The Morgan fingerprint density at radius 2 is 2.35 bits per heavy atom. The van der Waals surface area contributed by atoms with Crippen LogP contribution in [0.25, 0.3) is 0 Å². The van der Waals surface area contributed by atoms with Crippen LogP contribution in [0.4, 0.5) is 5.13 Å². The highest BCUT2D eigenvalue weighted by molar-refractivity contribution is 9.09. The van der Waals surface area contributed by atoms with E-state index in [4.69, 9.17) is 0 Å². The van der Waals surface area contributed by atoms with E-state index in [1.165, 1.54) is 12.8 Å². The van der Waals surface area contributed by atoms with Gasteiger partial charge in [-0.25, -0.2) is 0 Å². The molecular formula is C12H15BrN2OS. The van der Waals surface area contributed by atoms with Crippen LogP contribution in [-0.4, -0.2) is 21.5 Å². The van der Waals surface area contributed by atoms with Crippen molar-refractivity contribution in [2.75, 3.05) is 10.6 Å². The highest BCUT2D eigenvalue weighted by atomic mass is 79.9. The second kappa shape index (κ2) is 4.61. The zero-order valence-corrected chi connectivity index (χ0v) is 11.8. The summed E-state index contributed by atoms with van der Waals surface area (Å²) in [6.07, 6.45) is 7.97. The number of hydrogen-bond acceptors (Lipinski definition) is 4. The third-order valence-corrected chi connectivity index (χ3v) is 5.02. The van der Waals surface area contributed by atoms with Crippen molar-refractivity contribution in [3.63, 3.8) is 0 Å². The molecular weight excluding hydrogens is 300 g/mol. The maximum atomic E-state index is 9.69. The molecule has 0 spiro atoms. The van der Waals surface area contributed by atoms with Crippen molar-refractivity contribution in [3.05, 3.63) is 17.0 Å². The van der Waals surface area contributed by atoms with Gasteiger partial charge in [0.1, 0.15) is 0 Å². The first-order valence-corrected chi connectivity index (χ1v) is 7.89. The molecule has 1 saturated carbocycles. The monoisotopic (exact) mass is 314 g/mol. The Balaban J connectivity index is 1.69. The lowest BCUT2D eigenvalue weighted by Crippen LogP contribution is -2.23. The molecule has 1 fully saturated rings. The molecule has 2 aliphatic rings. The second-order valence-electron chi connectivity index (χ2n) is 4.74. The average Bonchev–Trinajstić information content (AvgIpc) is 2.96. The number of aromatic nitrogens is 1. The topological polar surface area (TPSA) is 45.2 Å². The number of anilines is 1. The van der Waals surface area contributed by atoms with Crippen LogP contribution in [0.2, 0.25) is 0 Å². The summed E-state index contributed by atoms with van der Waals surface area (Å²) in [5, 5.41) is 14.9. The fourth-order valence-electron chi connectivity index (χ4n) is 2.76. The van der Waals surface area contributed by atoms with Gasteiger partial charge in [-0.1, -0.05) is 39.4 Å². The normalized spacial score (nSPS) is 30.1. The van der Waals surface area contributed by atoms with Crippen LogP contribution >= 0.6 is 27.3 Å². The lowest BCUT2D eigenvalue weighted by molar-refractivity contribution is 0.452. The van der Waals surface area contributed by atoms with Gasteiger partial charge in [0, 0.05) is 11.4 Å².